The van der Waals surface area contributed by atoms with Gasteiger partial charge in [-0.25, -0.2) is 4.79 Å². The second-order valence-corrected chi connectivity index (χ2v) is 5.49. The first-order chi connectivity index (χ1) is 9.54. The lowest BCUT2D eigenvalue weighted by Gasteiger charge is -2.23. The predicted octanol–water partition coefficient (Wildman–Crippen LogP) is 2.32. The number of aromatic hydroxyl groups is 1. The Kier molecular flexibility index (Phi) is 4.65. The fraction of sp³-hybridized carbons (Fsp3) is 0.429. The van der Waals surface area contributed by atoms with E-state index >= 15 is 0 Å². The van der Waals surface area contributed by atoms with E-state index in [1.165, 1.54) is 11.0 Å². The molecular weight excluding hydrogens is 326 g/mol. The Balaban J connectivity index is 2.23. The summed E-state index contributed by atoms with van der Waals surface area (Å²) in [7, 11) is 0. The average Bonchev–Trinajstić information content (AvgIpc) is 2.90. The molecule has 0 spiro atoms. The number of carbonyl (C=O) groups excluding carboxylic acids is 2. The Morgan fingerprint density at radius 1 is 1.50 bits per heavy atom. The van der Waals surface area contributed by atoms with E-state index in [9.17, 15) is 14.7 Å². The van der Waals surface area contributed by atoms with Gasteiger partial charge in [-0.15, -0.1) is 0 Å². The Labute approximate surface area is 125 Å². The summed E-state index contributed by atoms with van der Waals surface area (Å²) in [6.07, 6.45) is 1.35. The molecule has 1 aromatic carbocycles. The van der Waals surface area contributed by atoms with Gasteiger partial charge in [0.25, 0.3) is 5.91 Å². The van der Waals surface area contributed by atoms with Crippen LogP contribution in [0.15, 0.2) is 22.7 Å². The molecule has 6 heteroatoms. The van der Waals surface area contributed by atoms with Gasteiger partial charge in [-0.1, -0.05) is 15.9 Å². The zero-order chi connectivity index (χ0) is 14.7. The minimum absolute atomic E-state index is 0.0901. The third-order valence-corrected chi connectivity index (χ3v) is 3.75. The summed E-state index contributed by atoms with van der Waals surface area (Å²) in [6.45, 7) is 2.52. The van der Waals surface area contributed by atoms with Crippen molar-refractivity contribution in [2.24, 2.45) is 0 Å². The molecule has 1 heterocycles. The van der Waals surface area contributed by atoms with Gasteiger partial charge in [0, 0.05) is 11.0 Å². The number of hydrogen-bond donors (Lipinski definition) is 1. The summed E-state index contributed by atoms with van der Waals surface area (Å²) in [5.41, 5.74) is 0.190. The largest absolute Gasteiger partial charge is 0.507 e. The summed E-state index contributed by atoms with van der Waals surface area (Å²) in [4.78, 5) is 25.8. The SMILES string of the molecule is CCOC(=O)[C@H]1CCCN1C(=O)c1cc(Br)ccc1O. The van der Waals surface area contributed by atoms with Crippen molar-refractivity contribution in [2.45, 2.75) is 25.8 Å². The third-order valence-electron chi connectivity index (χ3n) is 3.26. The lowest BCUT2D eigenvalue weighted by molar-refractivity contribution is -0.147. The van der Waals surface area contributed by atoms with Crippen LogP contribution in [0.3, 0.4) is 0 Å². The van der Waals surface area contributed by atoms with Crippen molar-refractivity contribution >= 4 is 27.8 Å². The number of amides is 1. The van der Waals surface area contributed by atoms with Gasteiger partial charge >= 0.3 is 5.97 Å². The summed E-state index contributed by atoms with van der Waals surface area (Å²) in [5.74, 6) is -0.820. The number of carbonyl (C=O) groups is 2. The van der Waals surface area contributed by atoms with Gasteiger partial charge in [-0.3, -0.25) is 4.79 Å². The summed E-state index contributed by atoms with van der Waals surface area (Å²) in [5, 5.41) is 9.81. The second-order valence-electron chi connectivity index (χ2n) is 4.57. The van der Waals surface area contributed by atoms with E-state index in [-0.39, 0.29) is 23.2 Å². The zero-order valence-corrected chi connectivity index (χ0v) is 12.7. The molecule has 1 N–H and O–H groups in total. The van der Waals surface area contributed by atoms with Gasteiger partial charge in [-0.2, -0.15) is 0 Å². The van der Waals surface area contributed by atoms with Crippen molar-refractivity contribution in [3.05, 3.63) is 28.2 Å². The molecule has 0 saturated carbocycles. The average molecular weight is 342 g/mol. The van der Waals surface area contributed by atoms with Gasteiger partial charge in [0.2, 0.25) is 0 Å². The Morgan fingerprint density at radius 3 is 2.95 bits per heavy atom. The van der Waals surface area contributed by atoms with Crippen molar-refractivity contribution in [3.63, 3.8) is 0 Å². The molecule has 20 heavy (non-hydrogen) atoms. The molecular formula is C14H16BrNO4. The highest BCUT2D eigenvalue weighted by Gasteiger charge is 2.36. The second kappa shape index (κ2) is 6.26. The molecule has 0 bridgehead atoms. The highest BCUT2D eigenvalue weighted by molar-refractivity contribution is 9.10. The van der Waals surface area contributed by atoms with Crippen LogP contribution in [0, 0.1) is 0 Å². The predicted molar refractivity (Wildman–Crippen MR) is 76.5 cm³/mol. The normalized spacial score (nSPS) is 18.1. The van der Waals surface area contributed by atoms with Crippen molar-refractivity contribution in [1.82, 2.24) is 4.90 Å². The first kappa shape index (κ1) is 14.8. The van der Waals surface area contributed by atoms with E-state index in [0.717, 1.165) is 6.42 Å². The van der Waals surface area contributed by atoms with Crippen LogP contribution in [0.1, 0.15) is 30.1 Å². The van der Waals surface area contributed by atoms with Crippen LogP contribution >= 0.6 is 15.9 Å². The number of halogens is 1. The molecule has 1 fully saturated rings. The van der Waals surface area contributed by atoms with Crippen LogP contribution in [0.5, 0.6) is 5.75 Å². The quantitative estimate of drug-likeness (QED) is 0.856. The summed E-state index contributed by atoms with van der Waals surface area (Å²) < 4.78 is 5.69. The van der Waals surface area contributed by atoms with E-state index in [2.05, 4.69) is 15.9 Å². The van der Waals surface area contributed by atoms with Gasteiger partial charge < -0.3 is 14.7 Å². The maximum Gasteiger partial charge on any atom is 0.328 e. The first-order valence-electron chi connectivity index (χ1n) is 6.50. The molecule has 0 radical (unpaired) electrons. The number of esters is 1. The van der Waals surface area contributed by atoms with Crippen molar-refractivity contribution in [1.29, 1.82) is 0 Å². The van der Waals surface area contributed by atoms with Crippen molar-refractivity contribution < 1.29 is 19.4 Å². The molecule has 1 amide bonds. The fourth-order valence-corrected chi connectivity index (χ4v) is 2.69. The number of phenols is 1. The van der Waals surface area contributed by atoms with Crippen LogP contribution in [0.2, 0.25) is 0 Å². The molecule has 1 aliphatic heterocycles. The Bertz CT molecular complexity index is 532. The van der Waals surface area contributed by atoms with Crippen LogP contribution in [0.4, 0.5) is 0 Å². The number of likely N-dealkylation sites (tertiary alicyclic amines) is 1. The molecule has 1 saturated heterocycles. The maximum atomic E-state index is 12.5. The molecule has 0 unspecified atom stereocenters. The lowest BCUT2D eigenvalue weighted by atomic mass is 10.1. The van der Waals surface area contributed by atoms with Gasteiger partial charge in [0.15, 0.2) is 0 Å². The van der Waals surface area contributed by atoms with E-state index < -0.39 is 6.04 Å². The molecule has 5 nitrogen and oxygen atoms in total. The lowest BCUT2D eigenvalue weighted by Crippen LogP contribution is -2.41. The number of phenolic OH excluding ortho intramolecular Hbond substituents is 1. The fourth-order valence-electron chi connectivity index (χ4n) is 2.33. The van der Waals surface area contributed by atoms with E-state index in [0.29, 0.717) is 24.0 Å². The third kappa shape index (κ3) is 2.95. The first-order valence-corrected chi connectivity index (χ1v) is 7.30. The highest BCUT2D eigenvalue weighted by Crippen LogP contribution is 2.27. The number of nitrogens with zero attached hydrogens (tertiary/aromatic N) is 1. The van der Waals surface area contributed by atoms with Crippen molar-refractivity contribution in [2.75, 3.05) is 13.2 Å². The van der Waals surface area contributed by atoms with Crippen LogP contribution < -0.4 is 0 Å². The van der Waals surface area contributed by atoms with Gasteiger partial charge in [0.05, 0.1) is 12.2 Å². The van der Waals surface area contributed by atoms with E-state index in [1.807, 2.05) is 0 Å². The minimum atomic E-state index is -0.555. The molecule has 1 atom stereocenters. The maximum absolute atomic E-state index is 12.5. The summed E-state index contributed by atoms with van der Waals surface area (Å²) in [6, 6.07) is 4.10. The molecule has 1 aliphatic rings. The molecule has 0 aromatic heterocycles. The zero-order valence-electron chi connectivity index (χ0n) is 11.1. The minimum Gasteiger partial charge on any atom is -0.507 e. The van der Waals surface area contributed by atoms with Crippen LogP contribution in [-0.2, 0) is 9.53 Å². The van der Waals surface area contributed by atoms with Gasteiger partial charge in [-0.05, 0) is 38.0 Å². The molecule has 0 aliphatic carbocycles. The molecule has 2 rings (SSSR count). The molecule has 108 valence electrons. The highest BCUT2D eigenvalue weighted by atomic mass is 79.9. The summed E-state index contributed by atoms with van der Waals surface area (Å²) >= 11 is 3.27. The topological polar surface area (TPSA) is 66.8 Å². The monoisotopic (exact) mass is 341 g/mol. The van der Waals surface area contributed by atoms with E-state index in [4.69, 9.17) is 4.74 Å². The Morgan fingerprint density at radius 2 is 2.25 bits per heavy atom. The number of ether oxygens (including phenoxy) is 1. The van der Waals surface area contributed by atoms with E-state index in [1.54, 1.807) is 19.1 Å². The Hall–Kier alpha value is -1.56. The smallest absolute Gasteiger partial charge is 0.328 e. The number of rotatable bonds is 3. The number of benzene rings is 1. The number of hydrogen-bond acceptors (Lipinski definition) is 4. The standard InChI is InChI=1S/C14H16BrNO4/c1-2-20-14(19)11-4-3-7-16(11)13(18)10-8-9(15)5-6-12(10)17/h5-6,8,11,17H,2-4,7H2,1H3/t11-/m1/s1. The van der Waals surface area contributed by atoms with Crippen molar-refractivity contribution in [3.8, 4) is 5.75 Å². The van der Waals surface area contributed by atoms with Crippen LogP contribution in [-0.4, -0.2) is 41.1 Å². The van der Waals surface area contributed by atoms with Gasteiger partial charge in [0.1, 0.15) is 11.8 Å². The molecule has 1 aromatic rings. The van der Waals surface area contributed by atoms with Crippen LogP contribution in [0.25, 0.3) is 0 Å².